The summed E-state index contributed by atoms with van der Waals surface area (Å²) in [4.78, 5) is 11.0. The molecule has 0 amide bonds. The third kappa shape index (κ3) is 5.43. The van der Waals surface area contributed by atoms with Gasteiger partial charge in [-0.15, -0.1) is 0 Å². The lowest BCUT2D eigenvalue weighted by atomic mass is 10.1. The number of para-hydroxylation sites is 1. The normalized spacial score (nSPS) is 10.8. The van der Waals surface area contributed by atoms with Crippen LogP contribution in [0.2, 0.25) is 0 Å². The van der Waals surface area contributed by atoms with Crippen LogP contribution in [0.1, 0.15) is 12.5 Å². The maximum absolute atomic E-state index is 13.9. The molecular weight excluding hydrogens is 435 g/mol. The zero-order valence-corrected chi connectivity index (χ0v) is 18.8. The molecule has 7 heteroatoms. The largest absolute Gasteiger partial charge is 0.493 e. The monoisotopic (exact) mass is 460 g/mol. The van der Waals surface area contributed by atoms with E-state index in [1.807, 2.05) is 60.1 Å². The number of rotatable bonds is 10. The zero-order chi connectivity index (χ0) is 23.9. The van der Waals surface area contributed by atoms with Crippen LogP contribution in [-0.4, -0.2) is 34.1 Å². The molecule has 0 fully saturated rings. The number of halogens is 1. The average Bonchev–Trinajstić information content (AvgIpc) is 3.26. The summed E-state index contributed by atoms with van der Waals surface area (Å²) in [6.45, 7) is 2.48. The number of carbonyl (C=O) groups is 1. The molecule has 6 nitrogen and oxygen atoms in total. The van der Waals surface area contributed by atoms with E-state index < -0.39 is 18.4 Å². The summed E-state index contributed by atoms with van der Waals surface area (Å²) in [6.07, 6.45) is 0.761. The first-order valence-electron chi connectivity index (χ1n) is 11.0. The van der Waals surface area contributed by atoms with Gasteiger partial charge in [0.2, 0.25) is 0 Å². The van der Waals surface area contributed by atoms with Crippen molar-refractivity contribution in [3.05, 3.63) is 90.2 Å². The second-order valence-corrected chi connectivity index (χ2v) is 7.63. The van der Waals surface area contributed by atoms with Crippen LogP contribution in [0.4, 0.5) is 4.39 Å². The van der Waals surface area contributed by atoms with Crippen LogP contribution in [0.25, 0.3) is 22.5 Å². The molecule has 1 aromatic heterocycles. The number of aryl methyl sites for hydroxylation is 2. The molecule has 0 unspecified atom stereocenters. The SMILES string of the molecule is CCOc1ccccc1-c1cc(-c2ccc(F)cc2OCC(=O)O)nn1CCc1ccccc1. The topological polar surface area (TPSA) is 73.6 Å². The molecule has 0 aliphatic heterocycles. The van der Waals surface area contributed by atoms with E-state index in [4.69, 9.17) is 19.7 Å². The first-order chi connectivity index (χ1) is 16.5. The Labute approximate surface area is 197 Å². The van der Waals surface area contributed by atoms with Gasteiger partial charge in [-0.3, -0.25) is 4.68 Å². The Morgan fingerprint density at radius 3 is 2.47 bits per heavy atom. The minimum atomic E-state index is -1.14. The van der Waals surface area contributed by atoms with E-state index in [2.05, 4.69) is 12.1 Å². The van der Waals surface area contributed by atoms with Crippen molar-refractivity contribution in [3.63, 3.8) is 0 Å². The molecule has 3 aromatic carbocycles. The highest BCUT2D eigenvalue weighted by atomic mass is 19.1. The van der Waals surface area contributed by atoms with Gasteiger partial charge >= 0.3 is 5.97 Å². The number of ether oxygens (including phenoxy) is 2. The number of hydrogen-bond donors (Lipinski definition) is 1. The van der Waals surface area contributed by atoms with Crippen molar-refractivity contribution in [2.75, 3.05) is 13.2 Å². The summed E-state index contributed by atoms with van der Waals surface area (Å²) in [7, 11) is 0. The summed E-state index contributed by atoms with van der Waals surface area (Å²) in [6, 6.07) is 23.8. The Bertz CT molecular complexity index is 1270. The number of benzene rings is 3. The highest BCUT2D eigenvalue weighted by molar-refractivity contribution is 5.76. The fraction of sp³-hybridized carbons (Fsp3) is 0.185. The maximum Gasteiger partial charge on any atom is 0.341 e. The molecule has 0 saturated carbocycles. The second kappa shape index (κ2) is 10.7. The first-order valence-corrected chi connectivity index (χ1v) is 11.0. The zero-order valence-electron chi connectivity index (χ0n) is 18.8. The van der Waals surface area contributed by atoms with E-state index in [1.54, 1.807) is 6.07 Å². The molecule has 4 rings (SSSR count). The van der Waals surface area contributed by atoms with Gasteiger partial charge < -0.3 is 14.6 Å². The van der Waals surface area contributed by atoms with E-state index in [0.29, 0.717) is 24.4 Å². The Hall–Kier alpha value is -4.13. The molecular formula is C27H25FN2O4. The number of aliphatic carboxylic acids is 1. The number of carboxylic acid groups (broad SMARTS) is 1. The predicted octanol–water partition coefficient (Wildman–Crippen LogP) is 5.46. The van der Waals surface area contributed by atoms with Crippen molar-refractivity contribution in [2.45, 2.75) is 19.9 Å². The van der Waals surface area contributed by atoms with Gasteiger partial charge in [0, 0.05) is 23.7 Å². The molecule has 1 N–H and O–H groups in total. The lowest BCUT2D eigenvalue weighted by molar-refractivity contribution is -0.139. The molecule has 0 aliphatic carbocycles. The van der Waals surface area contributed by atoms with Gasteiger partial charge in [0.05, 0.1) is 18.0 Å². The minimum Gasteiger partial charge on any atom is -0.493 e. The standard InChI is InChI=1S/C27H25FN2O4/c1-2-33-25-11-7-6-10-22(25)24-17-23(29-30(24)15-14-19-8-4-3-5-9-19)21-13-12-20(28)16-26(21)34-18-27(31)32/h3-13,16-17H,2,14-15,18H2,1H3,(H,31,32). The third-order valence-electron chi connectivity index (χ3n) is 5.27. The Kier molecular flexibility index (Phi) is 7.22. The maximum atomic E-state index is 13.9. The fourth-order valence-corrected chi connectivity index (χ4v) is 3.74. The van der Waals surface area contributed by atoms with Crippen LogP contribution in [0, 0.1) is 5.82 Å². The lowest BCUT2D eigenvalue weighted by Crippen LogP contribution is -2.10. The van der Waals surface area contributed by atoms with Gasteiger partial charge in [-0.05, 0) is 49.2 Å². The van der Waals surface area contributed by atoms with Crippen LogP contribution in [-0.2, 0) is 17.8 Å². The van der Waals surface area contributed by atoms with E-state index in [-0.39, 0.29) is 5.75 Å². The van der Waals surface area contributed by atoms with Crippen LogP contribution in [0.3, 0.4) is 0 Å². The van der Waals surface area contributed by atoms with Crippen LogP contribution in [0.5, 0.6) is 11.5 Å². The van der Waals surface area contributed by atoms with Gasteiger partial charge in [0.1, 0.15) is 17.3 Å². The highest BCUT2D eigenvalue weighted by Crippen LogP contribution is 2.36. The Balaban J connectivity index is 1.78. The fourth-order valence-electron chi connectivity index (χ4n) is 3.74. The van der Waals surface area contributed by atoms with E-state index in [0.717, 1.165) is 23.4 Å². The number of carboxylic acids is 1. The predicted molar refractivity (Wildman–Crippen MR) is 128 cm³/mol. The Morgan fingerprint density at radius 2 is 1.71 bits per heavy atom. The van der Waals surface area contributed by atoms with Gasteiger partial charge in [0.15, 0.2) is 6.61 Å². The van der Waals surface area contributed by atoms with Crippen molar-refractivity contribution >= 4 is 5.97 Å². The summed E-state index contributed by atoms with van der Waals surface area (Å²) < 4.78 is 27.0. The van der Waals surface area contributed by atoms with Crippen LogP contribution in [0.15, 0.2) is 78.9 Å². The summed E-state index contributed by atoms with van der Waals surface area (Å²) >= 11 is 0. The molecule has 0 bridgehead atoms. The smallest absolute Gasteiger partial charge is 0.341 e. The van der Waals surface area contributed by atoms with Gasteiger partial charge in [-0.25, -0.2) is 9.18 Å². The third-order valence-corrected chi connectivity index (χ3v) is 5.27. The average molecular weight is 461 g/mol. The van der Waals surface area contributed by atoms with Crippen LogP contribution >= 0.6 is 0 Å². The van der Waals surface area contributed by atoms with Crippen molar-refractivity contribution in [1.82, 2.24) is 9.78 Å². The quantitative estimate of drug-likeness (QED) is 0.340. The molecule has 0 saturated heterocycles. The number of aromatic nitrogens is 2. The van der Waals surface area contributed by atoms with Crippen molar-refractivity contribution in [1.29, 1.82) is 0 Å². The van der Waals surface area contributed by atoms with Crippen molar-refractivity contribution in [2.24, 2.45) is 0 Å². The molecule has 4 aromatic rings. The number of hydrogen-bond acceptors (Lipinski definition) is 4. The van der Waals surface area contributed by atoms with E-state index in [9.17, 15) is 9.18 Å². The number of nitrogens with zero attached hydrogens (tertiary/aromatic N) is 2. The summed E-state index contributed by atoms with van der Waals surface area (Å²) in [5.74, 6) is -0.803. The molecule has 174 valence electrons. The lowest BCUT2D eigenvalue weighted by Gasteiger charge is -2.12. The summed E-state index contributed by atoms with van der Waals surface area (Å²) in [5, 5.41) is 13.8. The molecule has 0 aliphatic rings. The van der Waals surface area contributed by atoms with Crippen LogP contribution < -0.4 is 9.47 Å². The van der Waals surface area contributed by atoms with Crippen molar-refractivity contribution < 1.29 is 23.8 Å². The highest BCUT2D eigenvalue weighted by Gasteiger charge is 2.18. The van der Waals surface area contributed by atoms with E-state index >= 15 is 0 Å². The van der Waals surface area contributed by atoms with Gasteiger partial charge in [0.25, 0.3) is 0 Å². The molecule has 1 heterocycles. The molecule has 0 radical (unpaired) electrons. The van der Waals surface area contributed by atoms with Crippen molar-refractivity contribution in [3.8, 4) is 34.0 Å². The van der Waals surface area contributed by atoms with E-state index in [1.165, 1.54) is 17.7 Å². The Morgan fingerprint density at radius 1 is 0.941 bits per heavy atom. The van der Waals surface area contributed by atoms with Gasteiger partial charge in [-0.1, -0.05) is 42.5 Å². The first kappa shape index (κ1) is 23.0. The molecule has 0 atom stereocenters. The minimum absolute atomic E-state index is 0.125. The summed E-state index contributed by atoms with van der Waals surface area (Å²) in [5.41, 5.74) is 3.96. The second-order valence-electron chi connectivity index (χ2n) is 7.63. The molecule has 0 spiro atoms. The van der Waals surface area contributed by atoms with Gasteiger partial charge in [-0.2, -0.15) is 5.10 Å². The molecule has 34 heavy (non-hydrogen) atoms.